The number of aromatic hydroxyl groups is 1. The summed E-state index contributed by atoms with van der Waals surface area (Å²) in [6.45, 7) is 1.78. The van der Waals surface area contributed by atoms with Crippen LogP contribution in [0.2, 0.25) is 0 Å². The lowest BCUT2D eigenvalue weighted by Crippen LogP contribution is -2.74. The molecule has 2 bridgehead atoms. The highest BCUT2D eigenvalue weighted by molar-refractivity contribution is 6.32. The highest BCUT2D eigenvalue weighted by Gasteiger charge is 2.69. The normalized spacial score (nSPS) is 36.2. The number of nitrogens with one attached hydrogen (secondary N) is 1. The van der Waals surface area contributed by atoms with Gasteiger partial charge in [-0.1, -0.05) is 6.07 Å². The fraction of sp³-hybridized carbons (Fsp3) is 0.586. The lowest BCUT2D eigenvalue weighted by Gasteiger charge is -2.52. The minimum atomic E-state index is -2.78. The van der Waals surface area contributed by atoms with Crippen LogP contribution in [0.5, 0.6) is 5.75 Å². The molecule has 1 aromatic rings. The number of fused-ring (bicyclic) bond motifs is 5. The molecule has 2 aliphatic heterocycles. The van der Waals surface area contributed by atoms with Crippen LogP contribution in [-0.2, 0) is 30.4 Å². The monoisotopic (exact) mass is 581 g/mol. The molecule has 1 aromatic carbocycles. The first-order valence-corrected chi connectivity index (χ1v) is 14.2. The maximum absolute atomic E-state index is 13.9. The van der Waals surface area contributed by atoms with Gasteiger partial charge in [-0.2, -0.15) is 0 Å². The van der Waals surface area contributed by atoms with Gasteiger partial charge in [-0.15, -0.1) is 0 Å². The van der Waals surface area contributed by atoms with E-state index in [1.807, 2.05) is 0 Å². The summed E-state index contributed by atoms with van der Waals surface area (Å²) in [5, 5.41) is 25.5. The van der Waals surface area contributed by atoms with Gasteiger partial charge >= 0.3 is 0 Å². The lowest BCUT2D eigenvalue weighted by molar-refractivity contribution is -0.181. The molecule has 6 rings (SSSR count). The number of nitrogens with two attached hydrogens (primary N) is 1. The first-order chi connectivity index (χ1) is 19.7. The number of piperazine rings is 1. The van der Waals surface area contributed by atoms with E-state index in [2.05, 4.69) is 22.2 Å². The Morgan fingerprint density at radius 3 is 2.40 bits per heavy atom. The Hall–Kier alpha value is -3.52. The fourth-order valence-electron chi connectivity index (χ4n) is 8.20. The Bertz CT molecular complexity index is 1440. The number of rotatable bonds is 5. The molecule has 13 nitrogen and oxygen atoms in total. The molecule has 42 heavy (non-hydrogen) atoms. The largest absolute Gasteiger partial charge is 0.505 e. The van der Waals surface area contributed by atoms with Crippen LogP contribution in [0.1, 0.15) is 28.8 Å². The molecular weight excluding hydrogens is 546 g/mol. The van der Waals surface area contributed by atoms with E-state index < -0.39 is 70.1 Å². The highest BCUT2D eigenvalue weighted by atomic mass is 16.3. The first kappa shape index (κ1) is 28.6. The molecule has 5 N–H and O–H groups in total. The van der Waals surface area contributed by atoms with Gasteiger partial charge in [-0.05, 0) is 58.0 Å². The summed E-state index contributed by atoms with van der Waals surface area (Å²) in [6, 6.07) is 2.67. The maximum atomic E-state index is 13.9. The van der Waals surface area contributed by atoms with Crippen molar-refractivity contribution >= 4 is 40.6 Å². The number of ketones is 4. The number of nitrogens with zero attached hydrogens (tertiary/aromatic N) is 3. The quantitative estimate of drug-likeness (QED) is 0.227. The third kappa shape index (κ3) is 3.98. The van der Waals surface area contributed by atoms with Gasteiger partial charge in [0.25, 0.3) is 0 Å². The lowest BCUT2D eigenvalue weighted by atomic mass is 9.52. The average molecular weight is 582 g/mol. The van der Waals surface area contributed by atoms with Gasteiger partial charge in [0.1, 0.15) is 5.75 Å². The molecule has 0 radical (unpaired) electrons. The summed E-state index contributed by atoms with van der Waals surface area (Å²) in [5.74, 6) is -11.4. The predicted octanol–water partition coefficient (Wildman–Crippen LogP) is -1.81. The number of carbonyl (C=O) groups is 6. The van der Waals surface area contributed by atoms with Crippen LogP contribution >= 0.6 is 0 Å². The van der Waals surface area contributed by atoms with E-state index in [9.17, 15) is 39.0 Å². The molecule has 0 spiro atoms. The van der Waals surface area contributed by atoms with Crippen molar-refractivity contribution in [3.63, 3.8) is 0 Å². The number of likely N-dealkylation sites (N-methyl/N-ethyl adjacent to an activating group) is 2. The molecule has 224 valence electrons. The molecule has 6 unspecified atom stereocenters. The molecule has 5 aliphatic rings. The maximum Gasteiger partial charge on any atom is 0.238 e. The Morgan fingerprint density at radius 2 is 1.81 bits per heavy atom. The number of carbonyl (C=O) groups excluding carboxylic acids is 6. The second-order valence-electron chi connectivity index (χ2n) is 12.7. The second-order valence-corrected chi connectivity index (χ2v) is 12.7. The first-order valence-electron chi connectivity index (χ1n) is 14.2. The zero-order chi connectivity index (χ0) is 30.4. The summed E-state index contributed by atoms with van der Waals surface area (Å²) in [5.41, 5.74) is 2.90. The number of phenolic OH excluding ortho intramolecular Hbond substituents is 1. The number of hydrogen-bond donors (Lipinski definition) is 4. The molecule has 13 heteroatoms. The van der Waals surface area contributed by atoms with Crippen LogP contribution in [0, 0.1) is 23.7 Å². The molecule has 8 atom stereocenters. The SMILES string of the molecule is CN1CC2CC1CN2CC(=O)Nc1ccc2c(c1O)C(=O)C1C(=O)[C@@]3(O)C(=O)C(C(N)=O)C(=O)[C@H](N(C)C)C3CC1C2. The van der Waals surface area contributed by atoms with Crippen molar-refractivity contribution in [2.75, 3.05) is 46.1 Å². The minimum absolute atomic E-state index is 0.0175. The predicted molar refractivity (Wildman–Crippen MR) is 146 cm³/mol. The van der Waals surface area contributed by atoms with Gasteiger partial charge in [0.2, 0.25) is 11.8 Å². The molecule has 2 saturated carbocycles. The Kier molecular flexibility index (Phi) is 6.65. The van der Waals surface area contributed by atoms with Crippen molar-refractivity contribution in [1.82, 2.24) is 14.7 Å². The molecule has 0 aromatic heterocycles. The number of likely N-dealkylation sites (tertiary alicyclic amines) is 2. The van der Waals surface area contributed by atoms with Crippen molar-refractivity contribution in [2.45, 2.75) is 43.0 Å². The fourth-order valence-corrected chi connectivity index (χ4v) is 8.20. The van der Waals surface area contributed by atoms with Crippen molar-refractivity contribution in [3.05, 3.63) is 23.3 Å². The van der Waals surface area contributed by atoms with Crippen LogP contribution in [-0.4, -0.2) is 124 Å². The van der Waals surface area contributed by atoms with E-state index in [1.165, 1.54) is 25.1 Å². The topological polar surface area (TPSA) is 191 Å². The van der Waals surface area contributed by atoms with Crippen molar-refractivity contribution < 1.29 is 39.0 Å². The van der Waals surface area contributed by atoms with Crippen LogP contribution < -0.4 is 11.1 Å². The summed E-state index contributed by atoms with van der Waals surface area (Å²) in [4.78, 5) is 85.1. The van der Waals surface area contributed by atoms with Crippen molar-refractivity contribution in [2.24, 2.45) is 29.4 Å². The van der Waals surface area contributed by atoms with Crippen LogP contribution in [0.3, 0.4) is 0 Å². The molecule has 3 aliphatic carbocycles. The van der Waals surface area contributed by atoms with Gasteiger partial charge in [-0.3, -0.25) is 38.6 Å². The molecule has 2 saturated heterocycles. The van der Waals surface area contributed by atoms with Crippen molar-refractivity contribution in [3.8, 4) is 5.75 Å². The minimum Gasteiger partial charge on any atom is -0.505 e. The number of amides is 2. The van der Waals surface area contributed by atoms with Crippen LogP contribution in [0.25, 0.3) is 0 Å². The molecule has 2 amide bonds. The van der Waals surface area contributed by atoms with Gasteiger partial charge in [0, 0.05) is 31.1 Å². The van der Waals surface area contributed by atoms with Crippen LogP contribution in [0.4, 0.5) is 5.69 Å². The molecule has 2 heterocycles. The third-order valence-corrected chi connectivity index (χ3v) is 10.2. The number of phenols is 1. The van der Waals surface area contributed by atoms with Gasteiger partial charge in [0.15, 0.2) is 34.7 Å². The summed E-state index contributed by atoms with van der Waals surface area (Å²) < 4.78 is 0. The van der Waals surface area contributed by atoms with E-state index in [4.69, 9.17) is 5.73 Å². The molecular formula is C29H35N5O8. The van der Waals surface area contributed by atoms with Gasteiger partial charge in [0.05, 0.1) is 29.8 Å². The zero-order valence-electron chi connectivity index (χ0n) is 23.7. The Balaban J connectivity index is 1.28. The van der Waals surface area contributed by atoms with Gasteiger partial charge < -0.3 is 26.2 Å². The highest BCUT2D eigenvalue weighted by Crippen LogP contribution is 2.51. The number of primary amides is 1. The summed E-state index contributed by atoms with van der Waals surface area (Å²) in [6.07, 6.45) is 1.15. The second kappa shape index (κ2) is 9.76. The molecule has 4 fully saturated rings. The third-order valence-electron chi connectivity index (χ3n) is 10.2. The Labute approximate surface area is 242 Å². The summed E-state index contributed by atoms with van der Waals surface area (Å²) >= 11 is 0. The van der Waals surface area contributed by atoms with E-state index >= 15 is 0 Å². The standard InChI is InChI=1S/C29H35N5O8/c1-32(2)22-16-7-13-6-12-4-5-17(31-18(35)11-34-10-14-8-15(34)9-33(14)3)23(36)19(12)24(37)20(13)26(39)29(16,42)27(40)21(25(22)38)28(30)41/h4-5,13-16,20-22,36,42H,6-11H2,1-3H3,(H2,30,41)(H,31,35)/t13?,14?,15?,16?,20?,21?,22-,29-/m1/s1. The van der Waals surface area contributed by atoms with E-state index in [0.717, 1.165) is 19.5 Å². The number of anilines is 1. The average Bonchev–Trinajstić information content (AvgIpc) is 3.46. The smallest absolute Gasteiger partial charge is 0.238 e. The van der Waals surface area contributed by atoms with E-state index in [0.29, 0.717) is 11.6 Å². The Morgan fingerprint density at radius 1 is 1.10 bits per heavy atom. The number of hydrogen-bond acceptors (Lipinski definition) is 11. The van der Waals surface area contributed by atoms with E-state index in [-0.39, 0.29) is 42.6 Å². The zero-order valence-corrected chi connectivity index (χ0v) is 23.7. The van der Waals surface area contributed by atoms with Crippen LogP contribution in [0.15, 0.2) is 12.1 Å². The number of benzene rings is 1. The van der Waals surface area contributed by atoms with E-state index in [1.54, 1.807) is 6.07 Å². The number of aliphatic hydroxyl groups is 1. The number of Topliss-reactive ketones (excluding diaryl/α,β-unsaturated/α-hetero) is 4. The summed E-state index contributed by atoms with van der Waals surface area (Å²) in [7, 11) is 5.13. The van der Waals surface area contributed by atoms with Gasteiger partial charge in [-0.25, -0.2) is 0 Å². The van der Waals surface area contributed by atoms with Crippen molar-refractivity contribution in [1.29, 1.82) is 0 Å².